The molecule has 1 N–H and O–H groups in total. The zero-order chi connectivity index (χ0) is 10.9. The SMILES string of the molecule is COC1=N[C@H](C(C)(C)C)N[C@H]1C(C)C. The van der Waals surface area contributed by atoms with Gasteiger partial charge in [-0.05, 0) is 11.3 Å². The molecule has 0 aliphatic carbocycles. The molecule has 1 aliphatic rings. The van der Waals surface area contributed by atoms with Crippen molar-refractivity contribution in [3.05, 3.63) is 0 Å². The number of hydrogen-bond acceptors (Lipinski definition) is 3. The van der Waals surface area contributed by atoms with Crippen molar-refractivity contribution in [2.75, 3.05) is 7.11 Å². The van der Waals surface area contributed by atoms with Crippen LogP contribution in [0.3, 0.4) is 0 Å². The maximum Gasteiger partial charge on any atom is 0.202 e. The molecule has 0 fully saturated rings. The van der Waals surface area contributed by atoms with Gasteiger partial charge in [0.05, 0.1) is 13.2 Å². The van der Waals surface area contributed by atoms with Crippen LogP contribution >= 0.6 is 0 Å². The van der Waals surface area contributed by atoms with Crippen LogP contribution in [-0.4, -0.2) is 25.2 Å². The van der Waals surface area contributed by atoms with Gasteiger partial charge in [-0.1, -0.05) is 34.6 Å². The highest BCUT2D eigenvalue weighted by molar-refractivity contribution is 5.84. The fraction of sp³-hybridized carbons (Fsp3) is 0.909. The molecule has 1 rings (SSSR count). The zero-order valence-electron chi connectivity index (χ0n) is 10.1. The molecule has 0 aromatic carbocycles. The van der Waals surface area contributed by atoms with Gasteiger partial charge in [0.2, 0.25) is 5.90 Å². The Morgan fingerprint density at radius 2 is 1.93 bits per heavy atom. The Labute approximate surface area is 86.9 Å². The second-order valence-corrected chi connectivity index (χ2v) is 5.33. The molecule has 1 heterocycles. The van der Waals surface area contributed by atoms with Crippen molar-refractivity contribution in [3.63, 3.8) is 0 Å². The molecule has 0 amide bonds. The van der Waals surface area contributed by atoms with Crippen molar-refractivity contribution in [1.29, 1.82) is 0 Å². The first-order valence-electron chi connectivity index (χ1n) is 5.24. The predicted molar refractivity (Wildman–Crippen MR) is 59.4 cm³/mol. The Morgan fingerprint density at radius 3 is 2.21 bits per heavy atom. The molecule has 0 spiro atoms. The topological polar surface area (TPSA) is 33.6 Å². The summed E-state index contributed by atoms with van der Waals surface area (Å²) < 4.78 is 5.30. The molecule has 0 unspecified atom stereocenters. The molecule has 2 atom stereocenters. The molecule has 82 valence electrons. The Bertz CT molecular complexity index is 228. The van der Waals surface area contributed by atoms with Crippen LogP contribution in [0.2, 0.25) is 0 Å². The van der Waals surface area contributed by atoms with Gasteiger partial charge in [0, 0.05) is 0 Å². The monoisotopic (exact) mass is 198 g/mol. The minimum absolute atomic E-state index is 0.146. The highest BCUT2D eigenvalue weighted by Crippen LogP contribution is 2.26. The Hall–Kier alpha value is -0.570. The number of rotatable bonds is 1. The van der Waals surface area contributed by atoms with Crippen molar-refractivity contribution in [2.24, 2.45) is 16.3 Å². The highest BCUT2D eigenvalue weighted by atomic mass is 16.5. The van der Waals surface area contributed by atoms with Gasteiger partial charge in [-0.25, -0.2) is 4.99 Å². The maximum atomic E-state index is 5.30. The fourth-order valence-electron chi connectivity index (χ4n) is 1.59. The quantitative estimate of drug-likeness (QED) is 0.699. The van der Waals surface area contributed by atoms with Crippen LogP contribution in [0.5, 0.6) is 0 Å². The van der Waals surface area contributed by atoms with E-state index < -0.39 is 0 Å². The van der Waals surface area contributed by atoms with Crippen molar-refractivity contribution < 1.29 is 4.74 Å². The normalized spacial score (nSPS) is 28.1. The average Bonchev–Trinajstić information content (AvgIpc) is 2.45. The lowest BCUT2D eigenvalue weighted by atomic mass is 9.92. The smallest absolute Gasteiger partial charge is 0.202 e. The largest absolute Gasteiger partial charge is 0.483 e. The molecule has 0 aromatic heterocycles. The molecule has 0 saturated heterocycles. The molecule has 14 heavy (non-hydrogen) atoms. The lowest BCUT2D eigenvalue weighted by molar-refractivity contribution is 0.271. The van der Waals surface area contributed by atoms with Crippen molar-refractivity contribution in [2.45, 2.75) is 46.8 Å². The van der Waals surface area contributed by atoms with Gasteiger partial charge in [-0.15, -0.1) is 0 Å². The fourth-order valence-corrected chi connectivity index (χ4v) is 1.59. The summed E-state index contributed by atoms with van der Waals surface area (Å²) in [5, 5.41) is 3.50. The van der Waals surface area contributed by atoms with E-state index in [-0.39, 0.29) is 17.6 Å². The summed E-state index contributed by atoms with van der Waals surface area (Å²) in [6.45, 7) is 10.9. The first kappa shape index (κ1) is 11.5. The summed E-state index contributed by atoms with van der Waals surface area (Å²) in [7, 11) is 1.70. The van der Waals surface area contributed by atoms with Crippen LogP contribution < -0.4 is 5.32 Å². The summed E-state index contributed by atoms with van der Waals surface area (Å²) >= 11 is 0. The van der Waals surface area contributed by atoms with Crippen LogP contribution in [0.25, 0.3) is 0 Å². The molecular weight excluding hydrogens is 176 g/mol. The van der Waals surface area contributed by atoms with E-state index in [1.165, 1.54) is 0 Å². The third kappa shape index (κ3) is 2.27. The van der Waals surface area contributed by atoms with E-state index >= 15 is 0 Å². The van der Waals surface area contributed by atoms with Crippen LogP contribution in [0.15, 0.2) is 4.99 Å². The molecule has 0 saturated carbocycles. The van der Waals surface area contributed by atoms with E-state index in [9.17, 15) is 0 Å². The van der Waals surface area contributed by atoms with Gasteiger partial charge in [-0.2, -0.15) is 0 Å². The van der Waals surface area contributed by atoms with E-state index in [0.29, 0.717) is 5.92 Å². The standard InChI is InChI=1S/C11H22N2O/c1-7(2)8-9(14-6)13-10(12-8)11(3,4)5/h7-8,10,12H,1-6H3/t8-,10+/m0/s1. The third-order valence-corrected chi connectivity index (χ3v) is 2.56. The number of hydrogen-bond donors (Lipinski definition) is 1. The molecule has 0 aromatic rings. The first-order valence-corrected chi connectivity index (χ1v) is 5.24. The summed E-state index contributed by atoms with van der Waals surface area (Å²) in [4.78, 5) is 4.56. The van der Waals surface area contributed by atoms with Crippen LogP contribution in [0, 0.1) is 11.3 Å². The summed E-state index contributed by atoms with van der Waals surface area (Å²) in [5.74, 6) is 1.36. The summed E-state index contributed by atoms with van der Waals surface area (Å²) in [6, 6.07) is 0.268. The average molecular weight is 198 g/mol. The Balaban J connectivity index is 2.78. The van der Waals surface area contributed by atoms with Crippen LogP contribution in [-0.2, 0) is 4.74 Å². The van der Waals surface area contributed by atoms with Crippen molar-refractivity contribution in [3.8, 4) is 0 Å². The van der Waals surface area contributed by atoms with Gasteiger partial charge in [-0.3, -0.25) is 5.32 Å². The van der Waals surface area contributed by atoms with Gasteiger partial charge < -0.3 is 4.74 Å². The second-order valence-electron chi connectivity index (χ2n) is 5.33. The number of nitrogens with zero attached hydrogens (tertiary/aromatic N) is 1. The molecular formula is C11H22N2O. The third-order valence-electron chi connectivity index (χ3n) is 2.56. The lowest BCUT2D eigenvalue weighted by Crippen LogP contribution is -2.43. The van der Waals surface area contributed by atoms with Crippen molar-refractivity contribution >= 4 is 5.90 Å². The van der Waals surface area contributed by atoms with E-state index in [2.05, 4.69) is 44.9 Å². The van der Waals surface area contributed by atoms with Crippen LogP contribution in [0.4, 0.5) is 0 Å². The van der Waals surface area contributed by atoms with E-state index in [1.54, 1.807) is 7.11 Å². The Kier molecular flexibility index (Phi) is 3.20. The molecule has 0 radical (unpaired) electrons. The molecule has 0 bridgehead atoms. The summed E-state index contributed by atoms with van der Waals surface area (Å²) in [6.07, 6.45) is 0.171. The van der Waals surface area contributed by atoms with E-state index in [0.717, 1.165) is 5.90 Å². The Morgan fingerprint density at radius 1 is 1.36 bits per heavy atom. The maximum absolute atomic E-state index is 5.30. The number of aliphatic imine (C=N–C) groups is 1. The molecule has 1 aliphatic heterocycles. The van der Waals surface area contributed by atoms with E-state index in [4.69, 9.17) is 4.74 Å². The minimum atomic E-state index is 0.146. The first-order chi connectivity index (χ1) is 6.36. The molecule has 3 nitrogen and oxygen atoms in total. The lowest BCUT2D eigenvalue weighted by Gasteiger charge is -2.26. The summed E-state index contributed by atoms with van der Waals surface area (Å²) in [5.41, 5.74) is 0.146. The van der Waals surface area contributed by atoms with Gasteiger partial charge in [0.15, 0.2) is 0 Å². The number of ether oxygens (including phenoxy) is 1. The second kappa shape index (κ2) is 3.89. The van der Waals surface area contributed by atoms with E-state index in [1.807, 2.05) is 0 Å². The van der Waals surface area contributed by atoms with Gasteiger partial charge >= 0.3 is 0 Å². The number of nitrogens with one attached hydrogen (secondary N) is 1. The zero-order valence-corrected chi connectivity index (χ0v) is 10.1. The van der Waals surface area contributed by atoms with Gasteiger partial charge in [0.1, 0.15) is 6.17 Å². The van der Waals surface area contributed by atoms with Gasteiger partial charge in [0.25, 0.3) is 0 Å². The highest BCUT2D eigenvalue weighted by Gasteiger charge is 2.36. The molecule has 3 heteroatoms. The van der Waals surface area contributed by atoms with Crippen LogP contribution in [0.1, 0.15) is 34.6 Å². The van der Waals surface area contributed by atoms with Crippen molar-refractivity contribution in [1.82, 2.24) is 5.32 Å². The number of methoxy groups -OCH3 is 1. The minimum Gasteiger partial charge on any atom is -0.483 e. The predicted octanol–water partition coefficient (Wildman–Crippen LogP) is 2.03.